The minimum Gasteiger partial charge on any atom is -0.465 e. The normalized spacial score (nSPS) is 10.0. The fraction of sp³-hybridized carbons (Fsp3) is 0.0714. The summed E-state index contributed by atoms with van der Waals surface area (Å²) >= 11 is 0. The van der Waals surface area contributed by atoms with Gasteiger partial charge in [0, 0.05) is 17.8 Å². The van der Waals surface area contributed by atoms with Crippen LogP contribution in [0.5, 0.6) is 0 Å². The Kier molecular flexibility index (Phi) is 4.22. The summed E-state index contributed by atoms with van der Waals surface area (Å²) in [6, 6.07) is 5.43. The zero-order chi connectivity index (χ0) is 15.4. The maximum atomic E-state index is 13.3. The molecule has 0 atom stereocenters. The van der Waals surface area contributed by atoms with Crippen molar-refractivity contribution in [1.82, 2.24) is 4.98 Å². The largest absolute Gasteiger partial charge is 0.465 e. The predicted octanol–water partition coefficient (Wildman–Crippen LogP) is 2.40. The number of aromatic nitrogens is 1. The quantitative estimate of drug-likeness (QED) is 0.696. The van der Waals surface area contributed by atoms with Crippen molar-refractivity contribution in [3.63, 3.8) is 0 Å². The summed E-state index contributed by atoms with van der Waals surface area (Å²) in [5.41, 5.74) is -0.0894. The highest BCUT2D eigenvalue weighted by Gasteiger charge is 2.16. The number of nitrogens with one attached hydrogen (secondary N) is 1. The number of anilines is 1. The lowest BCUT2D eigenvalue weighted by molar-refractivity contribution is 0.0602. The average molecular weight is 292 g/mol. The van der Waals surface area contributed by atoms with Crippen molar-refractivity contribution in [3.8, 4) is 0 Å². The van der Waals surface area contributed by atoms with Gasteiger partial charge in [-0.2, -0.15) is 4.39 Å². The number of hydrogen-bond donors (Lipinski definition) is 1. The van der Waals surface area contributed by atoms with Gasteiger partial charge in [-0.15, -0.1) is 0 Å². The smallest absolute Gasteiger partial charge is 0.339 e. The summed E-state index contributed by atoms with van der Waals surface area (Å²) in [7, 11) is 1.16. The molecule has 0 bridgehead atoms. The number of hydrogen-bond acceptors (Lipinski definition) is 4. The minimum absolute atomic E-state index is 0.0115. The van der Waals surface area contributed by atoms with Gasteiger partial charge in [-0.1, -0.05) is 0 Å². The van der Waals surface area contributed by atoms with Gasteiger partial charge in [0.1, 0.15) is 5.82 Å². The third-order valence-electron chi connectivity index (χ3n) is 2.62. The molecular weight excluding hydrogens is 282 g/mol. The maximum Gasteiger partial charge on any atom is 0.339 e. The monoisotopic (exact) mass is 292 g/mol. The zero-order valence-electron chi connectivity index (χ0n) is 10.9. The van der Waals surface area contributed by atoms with Crippen LogP contribution >= 0.6 is 0 Å². The van der Waals surface area contributed by atoms with Crippen LogP contribution in [-0.4, -0.2) is 24.0 Å². The molecule has 0 aliphatic carbocycles. The first-order chi connectivity index (χ1) is 10.0. The molecule has 2 aromatic rings. The second-order valence-corrected chi connectivity index (χ2v) is 4.00. The number of carbonyl (C=O) groups excluding carboxylic acids is 2. The number of carbonyl (C=O) groups is 2. The van der Waals surface area contributed by atoms with Crippen molar-refractivity contribution >= 4 is 17.6 Å². The number of esters is 1. The molecule has 0 aliphatic heterocycles. The Morgan fingerprint density at radius 2 is 1.95 bits per heavy atom. The van der Waals surface area contributed by atoms with E-state index in [-0.39, 0.29) is 16.8 Å². The van der Waals surface area contributed by atoms with Crippen LogP contribution in [0.3, 0.4) is 0 Å². The molecule has 1 heterocycles. The van der Waals surface area contributed by atoms with Gasteiger partial charge in [0.15, 0.2) is 0 Å². The molecule has 7 heteroatoms. The van der Waals surface area contributed by atoms with Gasteiger partial charge in [-0.25, -0.2) is 14.2 Å². The third kappa shape index (κ3) is 3.38. The van der Waals surface area contributed by atoms with Gasteiger partial charge in [-0.05, 0) is 24.3 Å². The highest BCUT2D eigenvalue weighted by molar-refractivity contribution is 6.07. The van der Waals surface area contributed by atoms with E-state index in [0.717, 1.165) is 31.5 Å². The Bertz CT molecular complexity index is 704. The Labute approximate surface area is 118 Å². The van der Waals surface area contributed by atoms with Crippen LogP contribution in [0.25, 0.3) is 0 Å². The standard InChI is InChI=1S/C14H10F2N2O3/c1-21-14(20)10-3-2-9(15)7-11(10)18-13(19)8-4-5-17-12(16)6-8/h2-7H,1H3,(H,18,19). The first-order valence-corrected chi connectivity index (χ1v) is 5.82. The van der Waals surface area contributed by atoms with E-state index >= 15 is 0 Å². The lowest BCUT2D eigenvalue weighted by Crippen LogP contribution is -2.16. The Balaban J connectivity index is 2.32. The number of methoxy groups -OCH3 is 1. The second-order valence-electron chi connectivity index (χ2n) is 4.00. The molecule has 1 N–H and O–H groups in total. The van der Waals surface area contributed by atoms with Crippen LogP contribution in [0.2, 0.25) is 0 Å². The molecular formula is C14H10F2N2O3. The molecule has 0 fully saturated rings. The molecule has 0 radical (unpaired) electrons. The number of amides is 1. The molecule has 1 amide bonds. The third-order valence-corrected chi connectivity index (χ3v) is 2.62. The highest BCUT2D eigenvalue weighted by atomic mass is 19.1. The molecule has 21 heavy (non-hydrogen) atoms. The van der Waals surface area contributed by atoms with Crippen LogP contribution in [-0.2, 0) is 4.74 Å². The molecule has 1 aromatic heterocycles. The molecule has 2 rings (SSSR count). The van der Waals surface area contributed by atoms with Crippen LogP contribution in [0.15, 0.2) is 36.5 Å². The molecule has 0 saturated heterocycles. The van der Waals surface area contributed by atoms with Gasteiger partial charge in [-0.3, -0.25) is 4.79 Å². The second kappa shape index (κ2) is 6.08. The molecule has 0 unspecified atom stereocenters. The molecule has 108 valence electrons. The average Bonchev–Trinajstić information content (AvgIpc) is 2.46. The molecule has 0 saturated carbocycles. The summed E-state index contributed by atoms with van der Waals surface area (Å²) in [4.78, 5) is 26.8. The van der Waals surface area contributed by atoms with Crippen molar-refractivity contribution in [1.29, 1.82) is 0 Å². The number of nitrogens with zero attached hydrogens (tertiary/aromatic N) is 1. The Morgan fingerprint density at radius 3 is 2.62 bits per heavy atom. The van der Waals surface area contributed by atoms with E-state index in [9.17, 15) is 18.4 Å². The zero-order valence-corrected chi connectivity index (χ0v) is 10.9. The van der Waals surface area contributed by atoms with E-state index in [4.69, 9.17) is 0 Å². The number of benzene rings is 1. The maximum absolute atomic E-state index is 13.3. The Hall–Kier alpha value is -2.83. The van der Waals surface area contributed by atoms with Crippen LogP contribution in [0, 0.1) is 11.8 Å². The van der Waals surface area contributed by atoms with Gasteiger partial charge >= 0.3 is 5.97 Å². The van der Waals surface area contributed by atoms with Crippen molar-refractivity contribution in [2.75, 3.05) is 12.4 Å². The summed E-state index contributed by atoms with van der Waals surface area (Å²) in [6.45, 7) is 0. The van der Waals surface area contributed by atoms with Crippen molar-refractivity contribution < 1.29 is 23.1 Å². The fourth-order valence-corrected chi connectivity index (χ4v) is 1.65. The lowest BCUT2D eigenvalue weighted by Gasteiger charge is -2.10. The number of ether oxygens (including phenoxy) is 1. The number of rotatable bonds is 3. The predicted molar refractivity (Wildman–Crippen MR) is 69.9 cm³/mol. The van der Waals surface area contributed by atoms with Crippen molar-refractivity contribution in [2.24, 2.45) is 0 Å². The Morgan fingerprint density at radius 1 is 1.19 bits per heavy atom. The van der Waals surface area contributed by atoms with Gasteiger partial charge in [0.2, 0.25) is 5.95 Å². The van der Waals surface area contributed by atoms with Gasteiger partial charge in [0.25, 0.3) is 5.91 Å². The van der Waals surface area contributed by atoms with Gasteiger partial charge in [0.05, 0.1) is 18.4 Å². The van der Waals surface area contributed by atoms with E-state index in [2.05, 4.69) is 15.0 Å². The summed E-state index contributed by atoms with van der Waals surface area (Å²) in [5, 5.41) is 2.34. The molecule has 0 aliphatic rings. The van der Waals surface area contributed by atoms with Gasteiger partial charge < -0.3 is 10.1 Å². The van der Waals surface area contributed by atoms with E-state index in [1.807, 2.05) is 0 Å². The van der Waals surface area contributed by atoms with E-state index < -0.39 is 23.6 Å². The van der Waals surface area contributed by atoms with E-state index in [1.54, 1.807) is 0 Å². The SMILES string of the molecule is COC(=O)c1ccc(F)cc1NC(=O)c1ccnc(F)c1. The molecule has 5 nitrogen and oxygen atoms in total. The van der Waals surface area contributed by atoms with Crippen LogP contribution < -0.4 is 5.32 Å². The topological polar surface area (TPSA) is 68.3 Å². The number of pyridine rings is 1. The summed E-state index contributed by atoms with van der Waals surface area (Å²) < 4.78 is 30.8. The van der Waals surface area contributed by atoms with Crippen molar-refractivity contribution in [3.05, 3.63) is 59.4 Å². The lowest BCUT2D eigenvalue weighted by atomic mass is 10.1. The minimum atomic E-state index is -0.824. The van der Waals surface area contributed by atoms with E-state index in [0.29, 0.717) is 0 Å². The van der Waals surface area contributed by atoms with Crippen LogP contribution in [0.1, 0.15) is 20.7 Å². The summed E-state index contributed by atoms with van der Waals surface area (Å²) in [5.74, 6) is -2.90. The van der Waals surface area contributed by atoms with Crippen molar-refractivity contribution in [2.45, 2.75) is 0 Å². The first-order valence-electron chi connectivity index (χ1n) is 5.82. The molecule has 0 spiro atoms. The molecule has 1 aromatic carbocycles. The fourth-order valence-electron chi connectivity index (χ4n) is 1.65. The number of halogens is 2. The summed E-state index contributed by atoms with van der Waals surface area (Å²) in [6.07, 6.45) is 1.12. The first kappa shape index (κ1) is 14.6. The van der Waals surface area contributed by atoms with E-state index in [1.165, 1.54) is 12.1 Å². The highest BCUT2D eigenvalue weighted by Crippen LogP contribution is 2.19. The van der Waals surface area contributed by atoms with Crippen LogP contribution in [0.4, 0.5) is 14.5 Å².